The monoisotopic (exact) mass is 245 g/mol. The van der Waals surface area contributed by atoms with Crippen LogP contribution in [0.4, 0.5) is 0 Å². The molecule has 0 saturated heterocycles. The van der Waals surface area contributed by atoms with Crippen molar-refractivity contribution in [2.45, 2.75) is 18.9 Å². The van der Waals surface area contributed by atoms with Gasteiger partial charge >= 0.3 is 5.97 Å². The molecule has 0 aliphatic carbocycles. The molecular formula is C8H19N7O2. The van der Waals surface area contributed by atoms with Crippen LogP contribution in [-0.2, 0) is 9.53 Å². The summed E-state index contributed by atoms with van der Waals surface area (Å²) in [7, 11) is 1.28. The summed E-state index contributed by atoms with van der Waals surface area (Å²) >= 11 is 0. The summed E-state index contributed by atoms with van der Waals surface area (Å²) in [6.07, 6.45) is 1.03. The number of carbonyl (C=O) groups is 1. The van der Waals surface area contributed by atoms with E-state index in [2.05, 4.69) is 20.3 Å². The zero-order valence-electron chi connectivity index (χ0n) is 9.72. The predicted molar refractivity (Wildman–Crippen MR) is 64.7 cm³/mol. The first-order chi connectivity index (χ1) is 7.97. The van der Waals surface area contributed by atoms with Crippen LogP contribution >= 0.6 is 0 Å². The average molecular weight is 245 g/mol. The zero-order chi connectivity index (χ0) is 13.3. The Morgan fingerprint density at radius 2 is 1.94 bits per heavy atom. The largest absolute Gasteiger partial charge is 0.467 e. The number of nitrogens with one attached hydrogen (secondary N) is 1. The molecule has 0 amide bonds. The smallest absolute Gasteiger partial charge is 0.329 e. The normalized spacial score (nSPS) is 11.1. The number of ether oxygens (including phenoxy) is 1. The number of nitrogens with two attached hydrogens (primary N) is 4. The summed E-state index contributed by atoms with van der Waals surface area (Å²) in [5, 5.41) is 3.54. The number of hydrazone groups is 1. The van der Waals surface area contributed by atoms with Crippen molar-refractivity contribution in [3.05, 3.63) is 0 Å². The van der Waals surface area contributed by atoms with Crippen molar-refractivity contribution in [1.29, 1.82) is 0 Å². The van der Waals surface area contributed by atoms with Gasteiger partial charge in [0.2, 0.25) is 5.96 Å². The topological polar surface area (TPSA) is 167 Å². The molecule has 17 heavy (non-hydrogen) atoms. The van der Waals surface area contributed by atoms with Gasteiger partial charge in [0, 0.05) is 6.54 Å². The number of methoxy groups -OCH3 is 1. The second kappa shape index (κ2) is 8.02. The Kier molecular flexibility index (Phi) is 6.99. The quantitative estimate of drug-likeness (QED) is 0.107. The van der Waals surface area contributed by atoms with E-state index in [-0.39, 0.29) is 11.9 Å². The molecule has 9 heteroatoms. The van der Waals surface area contributed by atoms with Crippen molar-refractivity contribution in [3.8, 4) is 0 Å². The highest BCUT2D eigenvalue weighted by Crippen LogP contribution is 2.00. The summed E-state index contributed by atoms with van der Waals surface area (Å²) in [5.41, 5.74) is 23.1. The fraction of sp³-hybridized carbons (Fsp3) is 0.625. The average Bonchev–Trinajstić information content (AvgIpc) is 2.26. The van der Waals surface area contributed by atoms with Crippen LogP contribution in [0.3, 0.4) is 0 Å². The van der Waals surface area contributed by atoms with Gasteiger partial charge in [0.15, 0.2) is 5.96 Å². The second-order valence-corrected chi connectivity index (χ2v) is 3.19. The third kappa shape index (κ3) is 7.71. The molecule has 0 aromatic rings. The molecule has 9 nitrogen and oxygen atoms in total. The molecule has 0 rings (SSSR count). The summed E-state index contributed by atoms with van der Waals surface area (Å²) in [6.45, 7) is 0.416. The maximum Gasteiger partial charge on any atom is 0.329 e. The molecule has 0 unspecified atom stereocenters. The minimum absolute atomic E-state index is 0.0109. The van der Waals surface area contributed by atoms with Crippen molar-refractivity contribution >= 4 is 17.9 Å². The third-order valence-electron chi connectivity index (χ3n) is 1.78. The van der Waals surface area contributed by atoms with Crippen molar-refractivity contribution in [2.75, 3.05) is 13.7 Å². The Hall–Kier alpha value is -2.19. The van der Waals surface area contributed by atoms with Crippen LogP contribution in [0.25, 0.3) is 0 Å². The van der Waals surface area contributed by atoms with Gasteiger partial charge in [-0.2, -0.15) is 0 Å². The molecular weight excluding hydrogens is 226 g/mol. The zero-order valence-corrected chi connectivity index (χ0v) is 9.72. The van der Waals surface area contributed by atoms with Gasteiger partial charge in [-0.15, -0.1) is 5.10 Å². The van der Waals surface area contributed by atoms with Crippen molar-refractivity contribution in [1.82, 2.24) is 5.43 Å². The highest BCUT2D eigenvalue weighted by Gasteiger charge is 2.17. The van der Waals surface area contributed by atoms with Gasteiger partial charge in [0.25, 0.3) is 0 Å². The number of hydrogen-bond donors (Lipinski definition) is 5. The number of esters is 1. The van der Waals surface area contributed by atoms with Gasteiger partial charge in [-0.05, 0) is 12.8 Å². The van der Waals surface area contributed by atoms with E-state index < -0.39 is 12.0 Å². The van der Waals surface area contributed by atoms with E-state index in [0.717, 1.165) is 0 Å². The summed E-state index contributed by atoms with van der Waals surface area (Å²) in [6, 6.07) is -0.628. The predicted octanol–water partition coefficient (Wildman–Crippen LogP) is -2.64. The lowest BCUT2D eigenvalue weighted by Gasteiger charge is -2.13. The summed E-state index contributed by atoms with van der Waals surface area (Å²) in [5.74, 6) is -0.611. The lowest BCUT2D eigenvalue weighted by Crippen LogP contribution is -2.37. The van der Waals surface area contributed by atoms with E-state index in [9.17, 15) is 4.79 Å². The van der Waals surface area contributed by atoms with E-state index in [0.29, 0.717) is 19.4 Å². The summed E-state index contributed by atoms with van der Waals surface area (Å²) < 4.78 is 4.59. The van der Waals surface area contributed by atoms with Crippen molar-refractivity contribution in [3.63, 3.8) is 0 Å². The Balaban J connectivity index is 4.16. The van der Waals surface area contributed by atoms with Crippen LogP contribution in [0.2, 0.25) is 0 Å². The van der Waals surface area contributed by atoms with Crippen LogP contribution in [0.5, 0.6) is 0 Å². The lowest BCUT2D eigenvalue weighted by atomic mass is 10.1. The van der Waals surface area contributed by atoms with Gasteiger partial charge in [-0.25, -0.2) is 4.79 Å². The maximum absolute atomic E-state index is 11.3. The molecule has 0 spiro atoms. The Bertz CT molecular complexity index is 294. The fourth-order valence-corrected chi connectivity index (χ4v) is 1.03. The molecule has 0 aromatic heterocycles. The van der Waals surface area contributed by atoms with E-state index in [1.807, 2.05) is 0 Å². The number of aliphatic imine (C=N–C) groups is 1. The van der Waals surface area contributed by atoms with E-state index in [4.69, 9.17) is 22.9 Å². The fourth-order valence-electron chi connectivity index (χ4n) is 1.03. The molecule has 0 heterocycles. The molecule has 0 bridgehead atoms. The van der Waals surface area contributed by atoms with Crippen molar-refractivity contribution in [2.24, 2.45) is 33.0 Å². The Morgan fingerprint density at radius 3 is 2.41 bits per heavy atom. The van der Waals surface area contributed by atoms with E-state index in [1.165, 1.54) is 7.11 Å². The van der Waals surface area contributed by atoms with Gasteiger partial charge in [0.05, 0.1) is 7.11 Å². The highest BCUT2D eigenvalue weighted by atomic mass is 16.5. The molecule has 0 radical (unpaired) electrons. The Morgan fingerprint density at radius 1 is 1.29 bits per heavy atom. The number of nitrogens with zero attached hydrogens (tertiary/aromatic N) is 2. The molecule has 9 N–H and O–H groups in total. The second-order valence-electron chi connectivity index (χ2n) is 3.19. The first-order valence-electron chi connectivity index (χ1n) is 4.94. The van der Waals surface area contributed by atoms with E-state index >= 15 is 0 Å². The van der Waals surface area contributed by atoms with Gasteiger partial charge in [-0.3, -0.25) is 10.4 Å². The standard InChI is InChI=1S/C8H19N7O2/c1-17-6(16)5(14-15-8(11)12)3-2-4-13-7(9)10/h5,14H,2-4H2,1H3,(H4,9,10,13)(H4,11,12,15)/t5-/m0/s1. The van der Waals surface area contributed by atoms with Crippen molar-refractivity contribution < 1.29 is 9.53 Å². The summed E-state index contributed by atoms with van der Waals surface area (Å²) in [4.78, 5) is 15.1. The molecule has 0 saturated carbocycles. The number of rotatable bonds is 7. The van der Waals surface area contributed by atoms with Gasteiger partial charge in [-0.1, -0.05) is 0 Å². The van der Waals surface area contributed by atoms with Gasteiger partial charge < -0.3 is 27.7 Å². The molecule has 1 atom stereocenters. The lowest BCUT2D eigenvalue weighted by molar-refractivity contribution is -0.143. The maximum atomic E-state index is 11.3. The first-order valence-corrected chi connectivity index (χ1v) is 4.94. The van der Waals surface area contributed by atoms with Gasteiger partial charge in [0.1, 0.15) is 6.04 Å². The van der Waals surface area contributed by atoms with Crippen LogP contribution in [0.1, 0.15) is 12.8 Å². The molecule has 98 valence electrons. The first kappa shape index (κ1) is 14.8. The SMILES string of the molecule is COC(=O)[C@H](CCCN=C(N)N)NN=C(N)N. The minimum atomic E-state index is -0.628. The van der Waals surface area contributed by atoms with Crippen LogP contribution < -0.4 is 28.4 Å². The molecule has 0 aliphatic heterocycles. The molecule has 0 aliphatic rings. The minimum Gasteiger partial charge on any atom is -0.467 e. The number of carbonyl (C=O) groups excluding carboxylic acids is 1. The molecule has 0 aromatic carbocycles. The number of hydrogen-bond acceptors (Lipinski definition) is 5. The highest BCUT2D eigenvalue weighted by molar-refractivity contribution is 5.77. The van der Waals surface area contributed by atoms with Crippen LogP contribution in [-0.4, -0.2) is 37.6 Å². The Labute approximate surface area is 99.2 Å². The van der Waals surface area contributed by atoms with Crippen LogP contribution in [0.15, 0.2) is 10.1 Å². The third-order valence-corrected chi connectivity index (χ3v) is 1.78. The molecule has 0 fully saturated rings. The van der Waals surface area contributed by atoms with E-state index in [1.54, 1.807) is 0 Å². The van der Waals surface area contributed by atoms with Crippen LogP contribution in [0, 0.1) is 0 Å². The number of guanidine groups is 2.